The quantitative estimate of drug-likeness (QED) is 0.225. The highest BCUT2D eigenvalue weighted by atomic mass is 19.1. The first kappa shape index (κ1) is 33.3. The number of aryl methyl sites for hydroxylation is 1. The molecule has 2 aliphatic carbocycles. The van der Waals surface area contributed by atoms with E-state index in [1.54, 1.807) is 36.5 Å². The Morgan fingerprint density at radius 3 is 2.37 bits per heavy atom. The molecule has 2 aliphatic rings. The molecule has 2 amide bonds. The molecule has 1 fully saturated rings. The summed E-state index contributed by atoms with van der Waals surface area (Å²) in [7, 11) is 0. The summed E-state index contributed by atoms with van der Waals surface area (Å²) in [5, 5.41) is 3.56. The highest BCUT2D eigenvalue weighted by Gasteiger charge is 2.48. The number of aromatic nitrogens is 2. The highest BCUT2D eigenvalue weighted by molar-refractivity contribution is 5.98. The number of pyridine rings is 2. The van der Waals surface area contributed by atoms with Crippen LogP contribution >= 0.6 is 0 Å². The molecule has 1 saturated carbocycles. The number of nitrogens with one attached hydrogen (secondary N) is 1. The van der Waals surface area contributed by atoms with Gasteiger partial charge in [0.05, 0.1) is 23.4 Å². The van der Waals surface area contributed by atoms with E-state index >= 15 is 4.39 Å². The molecule has 0 bridgehead atoms. The lowest BCUT2D eigenvalue weighted by Gasteiger charge is -2.12. The molecule has 0 aliphatic heterocycles. The molecule has 6 nitrogen and oxygen atoms in total. The molecule has 6 rings (SSSR count). The Morgan fingerprint density at radius 2 is 1.79 bits per heavy atom. The van der Waals surface area contributed by atoms with Crippen LogP contribution in [0.1, 0.15) is 92.8 Å². The minimum Gasteiger partial charge on any atom is -0.372 e. The van der Waals surface area contributed by atoms with Gasteiger partial charge in [-0.15, -0.1) is 0 Å². The number of halogens is 2. The number of primary amides is 1. The topological polar surface area (TPSA) is 98.0 Å². The van der Waals surface area contributed by atoms with Crippen molar-refractivity contribution in [3.63, 3.8) is 0 Å². The number of nitrogens with two attached hydrogens (primary N) is 1. The SMILES string of the molecule is CC.CC1CC1.CCC1(C)c2cc(C(F)CNC(=O)c3cc(C)c4ncccc4c3)nc(-c3ccc(F)cc3)c21.NC=O. The van der Waals surface area contributed by atoms with Crippen LogP contribution in [0.25, 0.3) is 22.2 Å². The summed E-state index contributed by atoms with van der Waals surface area (Å²) in [4.78, 5) is 30.3. The minimum atomic E-state index is -1.47. The zero-order valence-electron chi connectivity index (χ0n) is 25.9. The first-order valence-electron chi connectivity index (χ1n) is 14.9. The first-order valence-corrected chi connectivity index (χ1v) is 14.9. The second-order valence-corrected chi connectivity index (χ2v) is 10.9. The number of amides is 2. The van der Waals surface area contributed by atoms with Gasteiger partial charge in [0.2, 0.25) is 6.41 Å². The minimum absolute atomic E-state index is 0.158. The van der Waals surface area contributed by atoms with Crippen LogP contribution in [0.2, 0.25) is 0 Å². The second-order valence-electron chi connectivity index (χ2n) is 10.9. The Morgan fingerprint density at radius 1 is 1.16 bits per heavy atom. The summed E-state index contributed by atoms with van der Waals surface area (Å²) < 4.78 is 28.8. The molecule has 8 heteroatoms. The predicted octanol–water partition coefficient (Wildman–Crippen LogP) is 7.76. The number of carbonyl (C=O) groups excluding carboxylic acids is 2. The number of hydrogen-bond donors (Lipinski definition) is 2. The molecule has 2 heterocycles. The molecule has 0 spiro atoms. The van der Waals surface area contributed by atoms with Crippen molar-refractivity contribution in [3.05, 3.63) is 94.6 Å². The summed E-state index contributed by atoms with van der Waals surface area (Å²) in [6, 6.07) is 15.1. The van der Waals surface area contributed by atoms with Crippen molar-refractivity contribution in [2.24, 2.45) is 11.7 Å². The Hall–Kier alpha value is -4.20. The fraction of sp³-hybridized carbons (Fsp3) is 0.371. The Bertz CT molecular complexity index is 1550. The van der Waals surface area contributed by atoms with Crippen molar-refractivity contribution in [1.29, 1.82) is 0 Å². The van der Waals surface area contributed by atoms with Crippen molar-refractivity contribution < 1.29 is 18.4 Å². The van der Waals surface area contributed by atoms with Crippen LogP contribution in [0.5, 0.6) is 0 Å². The van der Waals surface area contributed by atoms with E-state index in [0.29, 0.717) is 11.3 Å². The third-order valence-corrected chi connectivity index (χ3v) is 7.73. The van der Waals surface area contributed by atoms with Crippen LogP contribution in [0.3, 0.4) is 0 Å². The summed E-state index contributed by atoms with van der Waals surface area (Å²) in [5.41, 5.74) is 10.1. The molecule has 228 valence electrons. The smallest absolute Gasteiger partial charge is 0.251 e. The number of nitrogens with zero attached hydrogens (tertiary/aromatic N) is 2. The fourth-order valence-electron chi connectivity index (χ4n) is 4.83. The van der Waals surface area contributed by atoms with E-state index in [0.717, 1.165) is 45.5 Å². The van der Waals surface area contributed by atoms with Gasteiger partial charge in [-0.2, -0.15) is 0 Å². The van der Waals surface area contributed by atoms with Gasteiger partial charge in [-0.25, -0.2) is 13.8 Å². The van der Waals surface area contributed by atoms with Gasteiger partial charge in [0.25, 0.3) is 5.91 Å². The number of fused-ring (bicyclic) bond motifs is 2. The number of alkyl halides is 1. The number of hydrogen-bond acceptors (Lipinski definition) is 4. The lowest BCUT2D eigenvalue weighted by Crippen LogP contribution is -2.27. The van der Waals surface area contributed by atoms with E-state index in [1.807, 2.05) is 32.9 Å². The van der Waals surface area contributed by atoms with Gasteiger partial charge < -0.3 is 11.1 Å². The van der Waals surface area contributed by atoms with Gasteiger partial charge in [0.1, 0.15) is 5.82 Å². The molecule has 2 aromatic carbocycles. The zero-order valence-corrected chi connectivity index (χ0v) is 25.9. The molecule has 43 heavy (non-hydrogen) atoms. The van der Waals surface area contributed by atoms with Crippen molar-refractivity contribution in [2.75, 3.05) is 6.54 Å². The molecule has 3 N–H and O–H groups in total. The van der Waals surface area contributed by atoms with E-state index in [2.05, 4.69) is 41.8 Å². The average Bonchev–Trinajstić information content (AvgIpc) is 3.94. The van der Waals surface area contributed by atoms with E-state index in [4.69, 9.17) is 4.79 Å². The van der Waals surface area contributed by atoms with Gasteiger partial charge in [-0.1, -0.05) is 53.5 Å². The molecule has 4 aromatic rings. The summed E-state index contributed by atoms with van der Waals surface area (Å²) in [6.45, 7) is 12.2. The van der Waals surface area contributed by atoms with Crippen molar-refractivity contribution >= 4 is 23.2 Å². The van der Waals surface area contributed by atoms with E-state index in [-0.39, 0.29) is 35.8 Å². The van der Waals surface area contributed by atoms with Gasteiger partial charge in [0.15, 0.2) is 6.17 Å². The predicted molar refractivity (Wildman–Crippen MR) is 169 cm³/mol. The van der Waals surface area contributed by atoms with Crippen molar-refractivity contribution in [2.45, 2.75) is 72.4 Å². The van der Waals surface area contributed by atoms with Crippen molar-refractivity contribution in [1.82, 2.24) is 15.3 Å². The van der Waals surface area contributed by atoms with Crippen LogP contribution in [-0.4, -0.2) is 28.8 Å². The average molecular weight is 589 g/mol. The third-order valence-electron chi connectivity index (χ3n) is 7.73. The van der Waals surface area contributed by atoms with E-state index < -0.39 is 6.17 Å². The van der Waals surface area contributed by atoms with Gasteiger partial charge in [-0.3, -0.25) is 14.6 Å². The Balaban J connectivity index is 0.000000495. The summed E-state index contributed by atoms with van der Waals surface area (Å²) in [6.07, 6.45) is 4.33. The normalized spacial score (nSPS) is 16.6. The summed E-state index contributed by atoms with van der Waals surface area (Å²) in [5.74, 6) is 0.408. The van der Waals surface area contributed by atoms with Crippen LogP contribution in [0, 0.1) is 18.7 Å². The zero-order chi connectivity index (χ0) is 31.7. The molecular formula is C35H42F2N4O2. The lowest BCUT2D eigenvalue weighted by molar-refractivity contribution is -0.106. The molecule has 0 saturated heterocycles. The number of rotatable bonds is 6. The molecular weight excluding hydrogens is 546 g/mol. The highest BCUT2D eigenvalue weighted by Crippen LogP contribution is 2.56. The molecule has 0 radical (unpaired) electrons. The van der Waals surface area contributed by atoms with E-state index in [1.165, 1.54) is 25.0 Å². The lowest BCUT2D eigenvalue weighted by atomic mass is 9.99. The van der Waals surface area contributed by atoms with Gasteiger partial charge in [-0.05, 0) is 84.5 Å². The van der Waals surface area contributed by atoms with E-state index in [9.17, 15) is 9.18 Å². The summed E-state index contributed by atoms with van der Waals surface area (Å²) >= 11 is 0. The molecule has 2 aromatic heterocycles. The second kappa shape index (κ2) is 14.8. The number of carbonyl (C=O) groups is 2. The largest absolute Gasteiger partial charge is 0.372 e. The van der Waals surface area contributed by atoms with Gasteiger partial charge >= 0.3 is 0 Å². The Labute approximate surface area is 253 Å². The van der Waals surface area contributed by atoms with Crippen molar-refractivity contribution in [3.8, 4) is 11.3 Å². The molecule has 2 atom stereocenters. The van der Waals surface area contributed by atoms with Gasteiger partial charge in [0, 0.05) is 28.1 Å². The number of benzene rings is 2. The van der Waals surface area contributed by atoms with Crippen LogP contribution in [-0.2, 0) is 10.2 Å². The maximum Gasteiger partial charge on any atom is 0.251 e. The first-order chi connectivity index (χ1) is 20.6. The van der Waals surface area contributed by atoms with Crippen LogP contribution in [0.4, 0.5) is 8.78 Å². The fourth-order valence-corrected chi connectivity index (χ4v) is 4.83. The van der Waals surface area contributed by atoms with Crippen LogP contribution < -0.4 is 11.1 Å². The standard InChI is InChI=1S/C28H25F2N3O.C4H8.C2H6.CH3NO/c1-4-28(3)21-14-23(33-26(24(21)28)17-7-9-20(29)10-8-17)22(30)15-32-27(34)19-12-16(2)25-18(13-19)6-5-11-31-25;1-4-2-3-4;1-2;2-1-3/h5-14,22H,4,15H2,1-3H3,(H,32,34);4H,2-3H2,1H3;1-2H3;1H,(H2,2,3). The maximum absolute atomic E-state index is 15.3. The maximum atomic E-state index is 15.3. The third kappa shape index (κ3) is 8.00. The molecule has 2 unspecified atom stereocenters. The monoisotopic (exact) mass is 588 g/mol. The van der Waals surface area contributed by atoms with Crippen LogP contribution in [0.15, 0.2) is 60.8 Å². The Kier molecular flexibility index (Phi) is 11.5.